The topological polar surface area (TPSA) is 95.2 Å². The van der Waals surface area contributed by atoms with Crippen molar-refractivity contribution in [1.82, 2.24) is 25.8 Å². The van der Waals surface area contributed by atoms with E-state index in [1.165, 1.54) is 6.07 Å². The van der Waals surface area contributed by atoms with Gasteiger partial charge in [-0.15, -0.1) is 0 Å². The molecular formula is C35H40Cl2F3N5O4. The number of hydrogen-bond donors (Lipinski definition) is 3. The first-order chi connectivity index (χ1) is 23.3. The molecule has 2 amide bonds. The number of hydrogen-bond acceptors (Lipinski definition) is 7. The van der Waals surface area contributed by atoms with Crippen LogP contribution in [0.3, 0.4) is 0 Å². The maximum absolute atomic E-state index is 14.9. The van der Waals surface area contributed by atoms with E-state index in [0.717, 1.165) is 23.3 Å². The zero-order chi connectivity index (χ0) is 35.3. The highest BCUT2D eigenvalue weighted by molar-refractivity contribution is 6.30. The average molecular weight is 723 g/mol. The summed E-state index contributed by atoms with van der Waals surface area (Å²) in [5.41, 5.74) is -0.781. The number of carbonyl (C=O) groups excluding carboxylic acids is 2. The summed E-state index contributed by atoms with van der Waals surface area (Å²) in [5, 5.41) is 11.0. The highest BCUT2D eigenvalue weighted by Gasteiger charge is 2.55. The van der Waals surface area contributed by atoms with Gasteiger partial charge in [0.2, 0.25) is 5.91 Å². The highest BCUT2D eigenvalue weighted by atomic mass is 35.5. The number of alkyl halides is 3. The average Bonchev–Trinajstić information content (AvgIpc) is 3.49. The van der Waals surface area contributed by atoms with E-state index in [-0.39, 0.29) is 55.5 Å². The number of halogens is 5. The number of benzene rings is 3. The van der Waals surface area contributed by atoms with Gasteiger partial charge in [0.25, 0.3) is 5.91 Å². The fourth-order valence-electron chi connectivity index (χ4n) is 6.19. The minimum absolute atomic E-state index is 0.0714. The van der Waals surface area contributed by atoms with Crippen LogP contribution in [0, 0.1) is 0 Å². The van der Waals surface area contributed by atoms with Crippen molar-refractivity contribution in [3.8, 4) is 5.75 Å². The second kappa shape index (κ2) is 15.7. The Labute approximate surface area is 294 Å². The molecule has 3 N–H and O–H groups in total. The normalized spacial score (nSPS) is 22.2. The third-order valence-electron chi connectivity index (χ3n) is 8.88. The second-order valence-electron chi connectivity index (χ2n) is 12.2. The fourth-order valence-corrected chi connectivity index (χ4v) is 6.44. The third kappa shape index (κ3) is 8.50. The highest BCUT2D eigenvalue weighted by Crippen LogP contribution is 2.46. The molecule has 0 aromatic heterocycles. The van der Waals surface area contributed by atoms with Crippen molar-refractivity contribution in [3.05, 3.63) is 99.0 Å². The van der Waals surface area contributed by atoms with Gasteiger partial charge >= 0.3 is 6.18 Å². The van der Waals surface area contributed by atoms with Crippen LogP contribution in [-0.2, 0) is 26.2 Å². The molecule has 264 valence electrons. The summed E-state index contributed by atoms with van der Waals surface area (Å²) in [7, 11) is 1.57. The molecule has 2 aliphatic heterocycles. The third-order valence-corrected chi connectivity index (χ3v) is 9.39. The Morgan fingerprint density at radius 2 is 1.49 bits per heavy atom. The van der Waals surface area contributed by atoms with E-state index in [0.29, 0.717) is 29.7 Å². The van der Waals surface area contributed by atoms with Crippen LogP contribution in [0.2, 0.25) is 10.0 Å². The largest absolute Gasteiger partial charge is 0.493 e. The monoisotopic (exact) mass is 721 g/mol. The Hall–Kier alpha value is -3.39. The molecule has 2 heterocycles. The minimum atomic E-state index is -4.63. The van der Waals surface area contributed by atoms with Crippen LogP contribution in [0.25, 0.3) is 0 Å². The molecule has 0 aliphatic carbocycles. The van der Waals surface area contributed by atoms with Gasteiger partial charge in [-0.2, -0.15) is 13.2 Å². The Morgan fingerprint density at radius 3 is 1.98 bits per heavy atom. The predicted molar refractivity (Wildman–Crippen MR) is 181 cm³/mol. The van der Waals surface area contributed by atoms with Gasteiger partial charge in [0.05, 0.1) is 36.9 Å². The number of nitrogens with one attached hydrogen (secondary N) is 3. The first kappa shape index (κ1) is 36.9. The Kier molecular flexibility index (Phi) is 11.8. The summed E-state index contributed by atoms with van der Waals surface area (Å²) in [6, 6.07) is 16.5. The van der Waals surface area contributed by atoms with Gasteiger partial charge in [-0.05, 0) is 61.4 Å². The van der Waals surface area contributed by atoms with Crippen molar-refractivity contribution < 1.29 is 32.2 Å². The molecule has 14 heteroatoms. The molecule has 3 atom stereocenters. The second-order valence-corrected chi connectivity index (χ2v) is 13.0. The molecule has 49 heavy (non-hydrogen) atoms. The van der Waals surface area contributed by atoms with Gasteiger partial charge in [0.15, 0.2) is 5.66 Å². The lowest BCUT2D eigenvalue weighted by atomic mass is 9.94. The first-order valence-corrected chi connectivity index (χ1v) is 16.8. The van der Waals surface area contributed by atoms with Crippen molar-refractivity contribution in [1.29, 1.82) is 0 Å². The Balaban J connectivity index is 1.53. The molecule has 3 unspecified atom stereocenters. The predicted octanol–water partition coefficient (Wildman–Crippen LogP) is 5.53. The van der Waals surface area contributed by atoms with Crippen molar-refractivity contribution >= 4 is 35.0 Å². The van der Waals surface area contributed by atoms with Crippen LogP contribution >= 0.6 is 23.2 Å². The number of methoxy groups -OCH3 is 1. The lowest BCUT2D eigenvalue weighted by Gasteiger charge is -2.40. The number of nitrogens with zero attached hydrogens (tertiary/aromatic N) is 2. The van der Waals surface area contributed by atoms with Crippen LogP contribution in [0.4, 0.5) is 13.2 Å². The number of ether oxygens (including phenoxy) is 2. The molecule has 3 aromatic rings. The van der Waals surface area contributed by atoms with E-state index in [1.54, 1.807) is 43.2 Å². The minimum Gasteiger partial charge on any atom is -0.493 e. The van der Waals surface area contributed by atoms with Crippen LogP contribution in [0.5, 0.6) is 5.75 Å². The summed E-state index contributed by atoms with van der Waals surface area (Å²) < 4.78 is 52.7. The molecule has 0 saturated carbocycles. The van der Waals surface area contributed by atoms with Crippen molar-refractivity contribution in [3.63, 3.8) is 0 Å². The van der Waals surface area contributed by atoms with Crippen LogP contribution in [-0.4, -0.2) is 80.7 Å². The molecule has 9 nitrogen and oxygen atoms in total. The molecule has 2 fully saturated rings. The van der Waals surface area contributed by atoms with E-state index >= 15 is 0 Å². The van der Waals surface area contributed by atoms with Crippen LogP contribution in [0.1, 0.15) is 48.2 Å². The van der Waals surface area contributed by atoms with Gasteiger partial charge < -0.3 is 19.7 Å². The molecular weight excluding hydrogens is 682 g/mol. The van der Waals surface area contributed by atoms with Gasteiger partial charge in [-0.25, -0.2) is 0 Å². The van der Waals surface area contributed by atoms with Crippen LogP contribution < -0.4 is 20.7 Å². The van der Waals surface area contributed by atoms with Crippen molar-refractivity contribution in [2.24, 2.45) is 0 Å². The number of amides is 2. The Morgan fingerprint density at radius 1 is 0.939 bits per heavy atom. The molecule has 2 aliphatic rings. The SMILES string of the molecule is CCOc1cc(C(F)(F)F)ccc1C1(C(=O)N2CCN(CC(=O)NCC(C)OC)CC2)NC(c2ccc(Cl)cc2)C(c2ccc(Cl)cc2)N1. The standard InChI is InChI=1S/C35H40Cl2F3N5O4/c1-4-49-29-19-25(35(38,39)40)9-14-28(29)34(33(47)45-17-15-44(16-18-45)21-30(46)41-20-22(2)48-3)42-31(23-5-10-26(36)11-6-23)32(43-34)24-7-12-27(37)13-8-24/h5-14,19,22,31-32,42-43H,4,15-18,20-21H2,1-3H3,(H,41,46). The van der Waals surface area contributed by atoms with Crippen molar-refractivity contribution in [2.45, 2.75) is 43.9 Å². The smallest absolute Gasteiger partial charge is 0.416 e. The van der Waals surface area contributed by atoms with E-state index in [2.05, 4.69) is 16.0 Å². The molecule has 5 rings (SSSR count). The van der Waals surface area contributed by atoms with E-state index < -0.39 is 29.5 Å². The quantitative estimate of drug-likeness (QED) is 0.240. The summed E-state index contributed by atoms with van der Waals surface area (Å²) in [6.45, 7) is 5.55. The lowest BCUT2D eigenvalue weighted by molar-refractivity contribution is -0.141. The first-order valence-electron chi connectivity index (χ1n) is 16.1. The van der Waals surface area contributed by atoms with E-state index in [4.69, 9.17) is 32.7 Å². The number of piperazine rings is 1. The Bertz CT molecular complexity index is 1550. The fraction of sp³-hybridized carbons (Fsp3) is 0.429. The van der Waals surface area contributed by atoms with Crippen molar-refractivity contribution in [2.75, 3.05) is 53.0 Å². The number of carbonyl (C=O) groups is 2. The van der Waals surface area contributed by atoms with Gasteiger partial charge in [0, 0.05) is 55.4 Å². The lowest BCUT2D eigenvalue weighted by Crippen LogP contribution is -2.62. The van der Waals surface area contributed by atoms with E-state index in [9.17, 15) is 22.8 Å². The maximum Gasteiger partial charge on any atom is 0.416 e. The molecule has 3 aromatic carbocycles. The van der Waals surface area contributed by atoms with Gasteiger partial charge in [-0.1, -0.05) is 53.5 Å². The number of rotatable bonds is 11. The molecule has 0 radical (unpaired) electrons. The zero-order valence-electron chi connectivity index (χ0n) is 27.4. The summed E-state index contributed by atoms with van der Waals surface area (Å²) in [5.74, 6) is -0.610. The molecule has 0 bridgehead atoms. The summed E-state index contributed by atoms with van der Waals surface area (Å²) in [6.07, 6.45) is -4.75. The molecule has 0 spiro atoms. The van der Waals surface area contributed by atoms with Gasteiger partial charge in [0.1, 0.15) is 5.75 Å². The summed E-state index contributed by atoms with van der Waals surface area (Å²) >= 11 is 12.5. The summed E-state index contributed by atoms with van der Waals surface area (Å²) in [4.78, 5) is 31.1. The molecule has 2 saturated heterocycles. The van der Waals surface area contributed by atoms with Gasteiger partial charge in [-0.3, -0.25) is 25.1 Å². The zero-order valence-corrected chi connectivity index (χ0v) is 29.0. The van der Waals surface area contributed by atoms with E-state index in [1.807, 2.05) is 36.1 Å². The van der Waals surface area contributed by atoms with Crippen LogP contribution in [0.15, 0.2) is 66.7 Å². The maximum atomic E-state index is 14.9.